The maximum absolute atomic E-state index is 12.8. The van der Waals surface area contributed by atoms with E-state index in [-0.39, 0.29) is 29.8 Å². The van der Waals surface area contributed by atoms with Crippen molar-refractivity contribution >= 4 is 46.0 Å². The van der Waals surface area contributed by atoms with Crippen molar-refractivity contribution in [2.75, 3.05) is 53.9 Å². The molecule has 4 rings (SSSR count). The topological polar surface area (TPSA) is 83.5 Å². The Morgan fingerprint density at radius 2 is 1.91 bits per heavy atom. The van der Waals surface area contributed by atoms with Gasteiger partial charge < -0.3 is 25.3 Å². The first kappa shape index (κ1) is 24.7. The third-order valence-electron chi connectivity index (χ3n) is 6.11. The lowest BCUT2D eigenvalue weighted by molar-refractivity contribution is -0.139. The zero-order valence-corrected chi connectivity index (χ0v) is 21.4. The number of carbonyl (C=O) groups excluding carboxylic acids is 2. The van der Waals surface area contributed by atoms with Gasteiger partial charge in [-0.25, -0.2) is 5.01 Å². The highest BCUT2D eigenvalue weighted by Gasteiger charge is 2.36. The highest BCUT2D eigenvalue weighted by molar-refractivity contribution is 8.14. The second kappa shape index (κ2) is 10.9. The maximum Gasteiger partial charge on any atom is 0.239 e. The molecule has 1 unspecified atom stereocenters. The first-order chi connectivity index (χ1) is 16.3. The van der Waals surface area contributed by atoms with Gasteiger partial charge >= 0.3 is 0 Å². The summed E-state index contributed by atoms with van der Waals surface area (Å²) in [6, 6.07) is 7.74. The zero-order chi connectivity index (χ0) is 24.2. The molecule has 0 saturated carbocycles. The fraction of sp³-hybridized carbons (Fsp3) is 0.522. The normalized spacial score (nSPS) is 20.1. The van der Waals surface area contributed by atoms with Crippen molar-refractivity contribution in [1.82, 2.24) is 30.3 Å². The average molecular weight is 506 g/mol. The van der Waals surface area contributed by atoms with E-state index in [1.807, 2.05) is 54.5 Å². The molecule has 2 N–H and O–H groups in total. The number of amidine groups is 1. The highest BCUT2D eigenvalue weighted by atomic mass is 35.5. The molecule has 0 aromatic heterocycles. The van der Waals surface area contributed by atoms with Crippen LogP contribution in [0.25, 0.3) is 5.70 Å². The van der Waals surface area contributed by atoms with Crippen molar-refractivity contribution in [2.45, 2.75) is 18.3 Å². The molecule has 1 saturated heterocycles. The van der Waals surface area contributed by atoms with Gasteiger partial charge in [-0.3, -0.25) is 9.59 Å². The smallest absolute Gasteiger partial charge is 0.239 e. The molecule has 0 spiro atoms. The number of thioether (sulfide) groups is 1. The standard InChI is InChI=1S/C23H32ClN7O2S/c1-28(2)13-10-25-20(32)15-29(3)21(33)17-8-11-30(12-9-17)23-27-31-14-19(26-22(31)34-23)16-4-6-18(24)7-5-16/h4-7,14,17,22,26H,8-13,15H2,1-3H3,(H,25,32). The fourth-order valence-electron chi connectivity index (χ4n) is 4.15. The number of hydrogen-bond acceptors (Lipinski definition) is 8. The summed E-state index contributed by atoms with van der Waals surface area (Å²) in [6.45, 7) is 3.00. The Kier molecular flexibility index (Phi) is 7.90. The molecule has 0 aliphatic carbocycles. The first-order valence-electron chi connectivity index (χ1n) is 11.5. The van der Waals surface area contributed by atoms with E-state index < -0.39 is 0 Å². The molecule has 1 aromatic carbocycles. The van der Waals surface area contributed by atoms with E-state index in [9.17, 15) is 9.59 Å². The lowest BCUT2D eigenvalue weighted by Gasteiger charge is -2.33. The van der Waals surface area contributed by atoms with Crippen LogP contribution in [0.4, 0.5) is 0 Å². The Hall–Kier alpha value is -2.43. The third-order valence-corrected chi connectivity index (χ3v) is 7.47. The van der Waals surface area contributed by atoms with Crippen molar-refractivity contribution in [1.29, 1.82) is 0 Å². The Morgan fingerprint density at radius 3 is 2.56 bits per heavy atom. The largest absolute Gasteiger partial charge is 0.353 e. The summed E-state index contributed by atoms with van der Waals surface area (Å²) in [7, 11) is 5.63. The number of nitrogens with zero attached hydrogens (tertiary/aromatic N) is 5. The molecule has 3 aliphatic heterocycles. The number of likely N-dealkylation sites (tertiary alicyclic amines) is 1. The SMILES string of the molecule is CN(C)CCNC(=O)CN(C)C(=O)C1CCN(C2=NN3C=C(c4ccc(Cl)cc4)NC3S2)CC1. The van der Waals surface area contributed by atoms with Crippen LogP contribution in [0, 0.1) is 5.92 Å². The van der Waals surface area contributed by atoms with E-state index in [1.54, 1.807) is 23.7 Å². The number of carbonyl (C=O) groups is 2. The van der Waals surface area contributed by atoms with Gasteiger partial charge in [0.25, 0.3) is 0 Å². The number of halogens is 1. The van der Waals surface area contributed by atoms with E-state index in [0.29, 0.717) is 11.6 Å². The minimum atomic E-state index is -0.119. The Bertz CT molecular complexity index is 961. The Labute approximate surface area is 210 Å². The number of piperidine rings is 1. The molecule has 34 heavy (non-hydrogen) atoms. The number of likely N-dealkylation sites (N-methyl/N-ethyl adjacent to an activating group) is 2. The van der Waals surface area contributed by atoms with Gasteiger partial charge in [-0.05, 0) is 56.4 Å². The van der Waals surface area contributed by atoms with Crippen molar-refractivity contribution in [3.8, 4) is 0 Å². The van der Waals surface area contributed by atoms with Gasteiger partial charge in [0.15, 0.2) is 10.7 Å². The lowest BCUT2D eigenvalue weighted by atomic mass is 9.95. The minimum absolute atomic E-state index is 0.0391. The van der Waals surface area contributed by atoms with E-state index in [0.717, 1.165) is 48.9 Å². The summed E-state index contributed by atoms with van der Waals surface area (Å²) >= 11 is 7.68. The Balaban J connectivity index is 1.24. The highest BCUT2D eigenvalue weighted by Crippen LogP contribution is 2.35. The number of fused-ring (bicyclic) bond motifs is 1. The monoisotopic (exact) mass is 505 g/mol. The summed E-state index contributed by atoms with van der Waals surface area (Å²) in [5.74, 6) is -0.135. The maximum atomic E-state index is 12.8. The number of hydrogen-bond donors (Lipinski definition) is 2. The van der Waals surface area contributed by atoms with Crippen LogP contribution in [0.5, 0.6) is 0 Å². The zero-order valence-electron chi connectivity index (χ0n) is 19.8. The minimum Gasteiger partial charge on any atom is -0.353 e. The number of hydrazone groups is 1. The van der Waals surface area contributed by atoms with Crippen molar-refractivity contribution < 1.29 is 9.59 Å². The van der Waals surface area contributed by atoms with E-state index in [1.165, 1.54) is 0 Å². The molecule has 1 fully saturated rings. The second-order valence-electron chi connectivity index (χ2n) is 9.04. The number of benzene rings is 1. The summed E-state index contributed by atoms with van der Waals surface area (Å²) < 4.78 is 0. The molecule has 184 valence electrons. The molecule has 0 radical (unpaired) electrons. The van der Waals surface area contributed by atoms with Gasteiger partial charge in [0, 0.05) is 44.2 Å². The molecule has 1 aromatic rings. The average Bonchev–Trinajstić information content (AvgIpc) is 3.38. The van der Waals surface area contributed by atoms with E-state index in [2.05, 4.69) is 15.5 Å². The number of rotatable bonds is 7. The number of nitrogens with one attached hydrogen (secondary N) is 2. The van der Waals surface area contributed by atoms with Gasteiger partial charge in [0.05, 0.1) is 18.4 Å². The summed E-state index contributed by atoms with van der Waals surface area (Å²) in [5.41, 5.74) is 2.14. The molecular weight excluding hydrogens is 474 g/mol. The summed E-state index contributed by atoms with van der Waals surface area (Å²) in [4.78, 5) is 30.8. The Morgan fingerprint density at radius 1 is 1.21 bits per heavy atom. The second-order valence-corrected chi connectivity index (χ2v) is 10.5. The van der Waals surface area contributed by atoms with Crippen LogP contribution in [0.15, 0.2) is 35.6 Å². The van der Waals surface area contributed by atoms with Crippen molar-refractivity contribution in [3.63, 3.8) is 0 Å². The summed E-state index contributed by atoms with van der Waals surface area (Å²) in [6.07, 6.45) is 3.53. The molecule has 3 aliphatic rings. The third kappa shape index (κ3) is 5.97. The predicted octanol–water partition coefficient (Wildman–Crippen LogP) is 1.69. The molecule has 3 heterocycles. The molecule has 0 bridgehead atoms. The lowest BCUT2D eigenvalue weighted by Crippen LogP contribution is -2.45. The van der Waals surface area contributed by atoms with Crippen LogP contribution in [-0.4, -0.2) is 96.1 Å². The first-order valence-corrected chi connectivity index (χ1v) is 12.7. The van der Waals surface area contributed by atoms with Crippen LogP contribution in [0.1, 0.15) is 18.4 Å². The van der Waals surface area contributed by atoms with Crippen molar-refractivity contribution in [2.24, 2.45) is 11.0 Å². The quantitative estimate of drug-likeness (QED) is 0.583. The molecule has 2 amide bonds. The molecular formula is C23H32ClN7O2S. The van der Waals surface area contributed by atoms with Gasteiger partial charge in [-0.2, -0.15) is 0 Å². The van der Waals surface area contributed by atoms with Crippen LogP contribution in [0.2, 0.25) is 5.02 Å². The fourth-order valence-corrected chi connectivity index (χ4v) is 5.35. The van der Waals surface area contributed by atoms with Gasteiger partial charge in [-0.1, -0.05) is 23.7 Å². The van der Waals surface area contributed by atoms with Gasteiger partial charge in [0.1, 0.15) is 0 Å². The van der Waals surface area contributed by atoms with Gasteiger partial charge in [-0.15, -0.1) is 5.10 Å². The molecule has 11 heteroatoms. The van der Waals surface area contributed by atoms with Crippen LogP contribution >= 0.6 is 23.4 Å². The van der Waals surface area contributed by atoms with Gasteiger partial charge in [0.2, 0.25) is 11.8 Å². The molecule has 9 nitrogen and oxygen atoms in total. The van der Waals surface area contributed by atoms with E-state index >= 15 is 0 Å². The van der Waals surface area contributed by atoms with Crippen molar-refractivity contribution in [3.05, 3.63) is 41.1 Å². The molecule has 1 atom stereocenters. The van der Waals surface area contributed by atoms with Crippen LogP contribution in [-0.2, 0) is 9.59 Å². The van der Waals surface area contributed by atoms with Crippen LogP contribution in [0.3, 0.4) is 0 Å². The van der Waals surface area contributed by atoms with Crippen LogP contribution < -0.4 is 10.6 Å². The number of amides is 2. The summed E-state index contributed by atoms with van der Waals surface area (Å²) in [5, 5.41) is 14.8. The predicted molar refractivity (Wildman–Crippen MR) is 137 cm³/mol. The van der Waals surface area contributed by atoms with E-state index in [4.69, 9.17) is 16.7 Å².